The molecule has 2 rings (SSSR count). The predicted octanol–water partition coefficient (Wildman–Crippen LogP) is 2.48. The molecule has 1 amide bonds. The molecule has 0 spiro atoms. The summed E-state index contributed by atoms with van der Waals surface area (Å²) in [5.41, 5.74) is 0.800. The maximum absolute atomic E-state index is 11.9. The monoisotopic (exact) mass is 330 g/mol. The molecule has 0 aliphatic rings. The highest BCUT2D eigenvalue weighted by Gasteiger charge is 2.25. The van der Waals surface area contributed by atoms with Gasteiger partial charge in [-0.2, -0.15) is 0 Å². The Kier molecular flexibility index (Phi) is 5.33. The molecule has 24 heavy (non-hydrogen) atoms. The van der Waals surface area contributed by atoms with Crippen LogP contribution >= 0.6 is 0 Å². The highest BCUT2D eigenvalue weighted by molar-refractivity contribution is 5.86. The van der Waals surface area contributed by atoms with Crippen molar-refractivity contribution in [1.29, 1.82) is 0 Å². The van der Waals surface area contributed by atoms with Gasteiger partial charge in [-0.1, -0.05) is 35.5 Å². The number of nitrogens with zero attached hydrogens (tertiary/aromatic N) is 3. The Morgan fingerprint density at radius 1 is 1.25 bits per heavy atom. The molecule has 1 N–H and O–H groups in total. The van der Waals surface area contributed by atoms with Gasteiger partial charge in [-0.3, -0.25) is 4.79 Å². The Bertz CT molecular complexity index is 704. The zero-order valence-electron chi connectivity index (χ0n) is 14.3. The number of carbonyl (C=O) groups excluding carboxylic acids is 2. The van der Waals surface area contributed by atoms with Crippen LogP contribution in [0.25, 0.3) is 0 Å². The topological polar surface area (TPSA) is 86.1 Å². The molecule has 0 bridgehead atoms. The van der Waals surface area contributed by atoms with E-state index in [-0.39, 0.29) is 5.78 Å². The van der Waals surface area contributed by atoms with Crippen LogP contribution in [0.15, 0.2) is 36.5 Å². The van der Waals surface area contributed by atoms with Crippen molar-refractivity contribution in [3.05, 3.63) is 47.8 Å². The van der Waals surface area contributed by atoms with Gasteiger partial charge in [0.1, 0.15) is 17.3 Å². The first-order chi connectivity index (χ1) is 11.2. The minimum atomic E-state index is -0.885. The van der Waals surface area contributed by atoms with Gasteiger partial charge in [0, 0.05) is 0 Å². The van der Waals surface area contributed by atoms with E-state index in [1.165, 1.54) is 6.92 Å². The average Bonchev–Trinajstić information content (AvgIpc) is 2.92. The number of Topliss-reactive ketones (excluding diaryl/α,β-unsaturated/α-hetero) is 1. The van der Waals surface area contributed by atoms with Gasteiger partial charge in [-0.15, -0.1) is 5.10 Å². The van der Waals surface area contributed by atoms with E-state index in [2.05, 4.69) is 15.6 Å². The number of amides is 1. The summed E-state index contributed by atoms with van der Waals surface area (Å²) in [6.07, 6.45) is 0.983. The second-order valence-electron chi connectivity index (χ2n) is 6.52. The summed E-state index contributed by atoms with van der Waals surface area (Å²) >= 11 is 0. The molecule has 0 saturated heterocycles. The molecule has 128 valence electrons. The maximum Gasteiger partial charge on any atom is 0.408 e. The largest absolute Gasteiger partial charge is 0.444 e. The molecule has 1 unspecified atom stereocenters. The van der Waals surface area contributed by atoms with E-state index < -0.39 is 17.7 Å². The lowest BCUT2D eigenvalue weighted by Crippen LogP contribution is -2.37. The van der Waals surface area contributed by atoms with Gasteiger partial charge in [0.2, 0.25) is 0 Å². The quantitative estimate of drug-likeness (QED) is 0.910. The molecule has 0 fully saturated rings. The third-order valence-corrected chi connectivity index (χ3v) is 3.11. The van der Waals surface area contributed by atoms with Gasteiger partial charge in [-0.25, -0.2) is 9.48 Å². The number of benzene rings is 1. The van der Waals surface area contributed by atoms with Gasteiger partial charge in [0.05, 0.1) is 12.7 Å². The molecular weight excluding hydrogens is 308 g/mol. The van der Waals surface area contributed by atoms with E-state index in [0.717, 1.165) is 5.56 Å². The number of hydrogen-bond donors (Lipinski definition) is 1. The van der Waals surface area contributed by atoms with Crippen LogP contribution in [0.2, 0.25) is 0 Å². The van der Waals surface area contributed by atoms with Gasteiger partial charge in [-0.05, 0) is 33.3 Å². The van der Waals surface area contributed by atoms with Crippen LogP contribution in [-0.2, 0) is 16.1 Å². The lowest BCUT2D eigenvalue weighted by atomic mass is 10.1. The van der Waals surface area contributed by atoms with Gasteiger partial charge >= 0.3 is 6.09 Å². The lowest BCUT2D eigenvalue weighted by Gasteiger charge is -2.21. The maximum atomic E-state index is 11.9. The average molecular weight is 330 g/mol. The highest BCUT2D eigenvalue weighted by atomic mass is 16.6. The molecule has 0 aliphatic carbocycles. The van der Waals surface area contributed by atoms with Crippen molar-refractivity contribution in [3.63, 3.8) is 0 Å². The molecule has 1 aromatic carbocycles. The number of ketones is 1. The summed E-state index contributed by atoms with van der Waals surface area (Å²) in [5.74, 6) is -0.243. The molecule has 0 saturated carbocycles. The third-order valence-electron chi connectivity index (χ3n) is 3.11. The summed E-state index contributed by atoms with van der Waals surface area (Å²) in [6.45, 7) is 7.19. The Balaban J connectivity index is 2.09. The smallest absolute Gasteiger partial charge is 0.408 e. The Morgan fingerprint density at radius 2 is 1.92 bits per heavy atom. The minimum absolute atomic E-state index is 0.243. The number of hydrogen-bond acceptors (Lipinski definition) is 5. The summed E-state index contributed by atoms with van der Waals surface area (Å²) < 4.78 is 6.81. The molecule has 2 aromatic rings. The number of aromatic nitrogens is 3. The molecule has 1 heterocycles. The van der Waals surface area contributed by atoms with E-state index in [9.17, 15) is 9.59 Å². The van der Waals surface area contributed by atoms with Gasteiger partial charge in [0.25, 0.3) is 0 Å². The highest BCUT2D eigenvalue weighted by Crippen LogP contribution is 2.14. The number of rotatable bonds is 5. The zero-order chi connectivity index (χ0) is 17.7. The van der Waals surface area contributed by atoms with Crippen LogP contribution in [0.5, 0.6) is 0 Å². The summed E-state index contributed by atoms with van der Waals surface area (Å²) in [5, 5.41) is 10.6. The van der Waals surface area contributed by atoms with E-state index in [1.54, 1.807) is 31.6 Å². The normalized spacial score (nSPS) is 12.5. The van der Waals surface area contributed by atoms with Crippen molar-refractivity contribution in [3.8, 4) is 0 Å². The second-order valence-corrected chi connectivity index (χ2v) is 6.52. The number of nitrogens with one attached hydrogen (secondary N) is 1. The summed E-state index contributed by atoms with van der Waals surface area (Å²) in [6, 6.07) is 8.88. The molecule has 1 atom stereocenters. The molecule has 0 radical (unpaired) electrons. The predicted molar refractivity (Wildman–Crippen MR) is 88.4 cm³/mol. The fourth-order valence-electron chi connectivity index (χ4n) is 2.10. The zero-order valence-corrected chi connectivity index (χ0v) is 14.3. The number of alkyl carbamates (subject to hydrolysis) is 1. The number of ether oxygens (including phenoxy) is 1. The standard InChI is InChI=1S/C17H22N4O3/c1-12(22)15(18-16(23)24-17(2,3)4)14-11-21(20-19-14)10-13-8-6-5-7-9-13/h5-9,11,15H,10H2,1-4H3,(H,18,23). The number of carbonyl (C=O) groups is 2. The van der Waals surface area contributed by atoms with E-state index in [0.29, 0.717) is 12.2 Å². The Morgan fingerprint density at radius 3 is 2.50 bits per heavy atom. The molecule has 0 aliphatic heterocycles. The van der Waals surface area contributed by atoms with Crippen LogP contribution < -0.4 is 5.32 Å². The van der Waals surface area contributed by atoms with E-state index >= 15 is 0 Å². The first kappa shape index (κ1) is 17.7. The van der Waals surface area contributed by atoms with Crippen LogP contribution in [0.4, 0.5) is 4.79 Å². The Labute approximate surface area is 141 Å². The van der Waals surface area contributed by atoms with Crippen molar-refractivity contribution >= 4 is 11.9 Å². The fraction of sp³-hybridized carbons (Fsp3) is 0.412. The Hall–Kier alpha value is -2.70. The molecule has 7 nitrogen and oxygen atoms in total. The van der Waals surface area contributed by atoms with Crippen LogP contribution in [0.3, 0.4) is 0 Å². The molecular formula is C17H22N4O3. The SMILES string of the molecule is CC(=O)C(NC(=O)OC(C)(C)C)c1cn(Cc2ccccc2)nn1. The fourth-order valence-corrected chi connectivity index (χ4v) is 2.10. The van der Waals surface area contributed by atoms with Crippen molar-refractivity contribution in [2.75, 3.05) is 0 Å². The van der Waals surface area contributed by atoms with Crippen molar-refractivity contribution in [2.24, 2.45) is 0 Å². The van der Waals surface area contributed by atoms with Crippen molar-refractivity contribution in [2.45, 2.75) is 45.9 Å². The minimum Gasteiger partial charge on any atom is -0.444 e. The summed E-state index contributed by atoms with van der Waals surface area (Å²) in [7, 11) is 0. The van der Waals surface area contributed by atoms with Gasteiger partial charge in [0.15, 0.2) is 5.78 Å². The van der Waals surface area contributed by atoms with Crippen LogP contribution in [0, 0.1) is 0 Å². The van der Waals surface area contributed by atoms with E-state index in [1.807, 2.05) is 30.3 Å². The van der Waals surface area contributed by atoms with Crippen molar-refractivity contribution in [1.82, 2.24) is 20.3 Å². The summed E-state index contributed by atoms with van der Waals surface area (Å²) in [4.78, 5) is 23.8. The van der Waals surface area contributed by atoms with Crippen LogP contribution in [0.1, 0.15) is 45.0 Å². The first-order valence-electron chi connectivity index (χ1n) is 7.68. The van der Waals surface area contributed by atoms with E-state index in [4.69, 9.17) is 4.74 Å². The van der Waals surface area contributed by atoms with Crippen LogP contribution in [-0.4, -0.2) is 32.5 Å². The molecule has 1 aromatic heterocycles. The molecule has 7 heteroatoms. The van der Waals surface area contributed by atoms with Gasteiger partial charge < -0.3 is 10.1 Å². The first-order valence-corrected chi connectivity index (χ1v) is 7.68. The lowest BCUT2D eigenvalue weighted by molar-refractivity contribution is -0.119. The van der Waals surface area contributed by atoms with Crippen molar-refractivity contribution < 1.29 is 14.3 Å². The third kappa shape index (κ3) is 5.19. The second kappa shape index (κ2) is 7.25.